The summed E-state index contributed by atoms with van der Waals surface area (Å²) in [6.07, 6.45) is 6.77. The van der Waals surface area contributed by atoms with Gasteiger partial charge in [-0.25, -0.2) is 4.52 Å². The highest BCUT2D eigenvalue weighted by atomic mass is 16.5. The molecular formula is C16H18N4O2. The molecule has 3 aromatic heterocycles. The third-order valence-corrected chi connectivity index (χ3v) is 4.40. The molecule has 1 aliphatic rings. The molecule has 1 fully saturated rings. The number of hydrogen-bond donors (Lipinski definition) is 0. The van der Waals surface area contributed by atoms with Crippen LogP contribution >= 0.6 is 0 Å². The molecule has 0 aliphatic heterocycles. The van der Waals surface area contributed by atoms with E-state index in [-0.39, 0.29) is 5.56 Å². The Morgan fingerprint density at radius 3 is 2.82 bits per heavy atom. The van der Waals surface area contributed by atoms with Crippen LogP contribution in [0, 0.1) is 13.8 Å². The number of hydrogen-bond acceptors (Lipinski definition) is 4. The van der Waals surface area contributed by atoms with E-state index in [2.05, 4.69) is 10.3 Å². The molecule has 0 atom stereocenters. The molecule has 0 spiro atoms. The Bertz CT molecular complexity index is 879. The van der Waals surface area contributed by atoms with E-state index in [1.165, 1.54) is 12.8 Å². The normalized spacial score (nSPS) is 14.8. The molecular weight excluding hydrogens is 280 g/mol. The Morgan fingerprint density at radius 1 is 1.32 bits per heavy atom. The number of aromatic nitrogens is 4. The van der Waals surface area contributed by atoms with Gasteiger partial charge in [-0.05, 0) is 39.2 Å². The fourth-order valence-corrected chi connectivity index (χ4v) is 2.89. The maximum atomic E-state index is 12.6. The summed E-state index contributed by atoms with van der Waals surface area (Å²) in [5, 5.41) is 8.45. The van der Waals surface area contributed by atoms with E-state index in [4.69, 9.17) is 4.52 Å². The molecule has 0 saturated heterocycles. The largest absolute Gasteiger partial charge is 0.361 e. The maximum absolute atomic E-state index is 12.6. The SMILES string of the molecule is Cc1noc(C)c1CCn1ccn2nc(C3CC3)cc2c1=O. The third-order valence-electron chi connectivity index (χ3n) is 4.40. The van der Waals surface area contributed by atoms with Crippen molar-refractivity contribution in [1.82, 2.24) is 19.3 Å². The average molecular weight is 298 g/mol. The van der Waals surface area contributed by atoms with Crippen molar-refractivity contribution in [2.45, 2.75) is 45.6 Å². The first-order valence-corrected chi connectivity index (χ1v) is 7.64. The number of aryl methyl sites for hydroxylation is 3. The molecule has 4 rings (SSSR count). The monoisotopic (exact) mass is 298 g/mol. The molecule has 6 heteroatoms. The van der Waals surface area contributed by atoms with Gasteiger partial charge in [-0.1, -0.05) is 5.16 Å². The molecule has 0 unspecified atom stereocenters. The van der Waals surface area contributed by atoms with E-state index in [1.807, 2.05) is 26.1 Å². The smallest absolute Gasteiger partial charge is 0.276 e. The van der Waals surface area contributed by atoms with Gasteiger partial charge < -0.3 is 9.09 Å². The van der Waals surface area contributed by atoms with Crippen molar-refractivity contribution >= 4 is 5.52 Å². The summed E-state index contributed by atoms with van der Waals surface area (Å²) in [5.74, 6) is 1.38. The van der Waals surface area contributed by atoms with E-state index in [1.54, 1.807) is 15.3 Å². The van der Waals surface area contributed by atoms with Crippen LogP contribution in [-0.4, -0.2) is 19.3 Å². The first-order valence-electron chi connectivity index (χ1n) is 7.64. The van der Waals surface area contributed by atoms with Crippen molar-refractivity contribution < 1.29 is 4.52 Å². The highest BCUT2D eigenvalue weighted by Crippen LogP contribution is 2.39. The molecule has 3 heterocycles. The van der Waals surface area contributed by atoms with Gasteiger partial charge >= 0.3 is 0 Å². The average Bonchev–Trinajstić information content (AvgIpc) is 3.19. The first-order chi connectivity index (χ1) is 10.6. The lowest BCUT2D eigenvalue weighted by atomic mass is 10.1. The van der Waals surface area contributed by atoms with E-state index in [9.17, 15) is 4.79 Å². The van der Waals surface area contributed by atoms with E-state index < -0.39 is 0 Å². The summed E-state index contributed by atoms with van der Waals surface area (Å²) < 4.78 is 8.60. The van der Waals surface area contributed by atoms with Gasteiger partial charge in [-0.3, -0.25) is 4.79 Å². The quantitative estimate of drug-likeness (QED) is 0.741. The number of nitrogens with zero attached hydrogens (tertiary/aromatic N) is 4. The van der Waals surface area contributed by atoms with Gasteiger partial charge in [0.2, 0.25) is 0 Å². The van der Waals surface area contributed by atoms with Crippen LogP contribution in [0.25, 0.3) is 5.52 Å². The van der Waals surface area contributed by atoms with Crippen LogP contribution in [0.3, 0.4) is 0 Å². The molecule has 0 amide bonds. The lowest BCUT2D eigenvalue weighted by molar-refractivity contribution is 0.392. The first kappa shape index (κ1) is 13.3. The number of rotatable bonds is 4. The van der Waals surface area contributed by atoms with Crippen LogP contribution in [0.5, 0.6) is 0 Å². The van der Waals surface area contributed by atoms with E-state index >= 15 is 0 Å². The second kappa shape index (κ2) is 4.83. The minimum absolute atomic E-state index is 0.00802. The van der Waals surface area contributed by atoms with Gasteiger partial charge in [0.05, 0.1) is 11.4 Å². The number of fused-ring (bicyclic) bond motifs is 1. The fraction of sp³-hybridized carbons (Fsp3) is 0.438. The highest BCUT2D eigenvalue weighted by Gasteiger charge is 2.26. The van der Waals surface area contributed by atoms with Crippen molar-refractivity contribution in [2.75, 3.05) is 0 Å². The topological polar surface area (TPSA) is 65.3 Å². The molecule has 0 radical (unpaired) electrons. The summed E-state index contributed by atoms with van der Waals surface area (Å²) in [6, 6.07) is 1.94. The Morgan fingerprint density at radius 2 is 2.14 bits per heavy atom. The van der Waals surface area contributed by atoms with Gasteiger partial charge in [-0.15, -0.1) is 0 Å². The van der Waals surface area contributed by atoms with Gasteiger partial charge in [0.25, 0.3) is 5.56 Å². The summed E-state index contributed by atoms with van der Waals surface area (Å²) in [7, 11) is 0. The van der Waals surface area contributed by atoms with Crippen LogP contribution in [-0.2, 0) is 13.0 Å². The van der Waals surface area contributed by atoms with Crippen LogP contribution in [0.4, 0.5) is 0 Å². The molecule has 6 nitrogen and oxygen atoms in total. The molecule has 3 aromatic rings. The summed E-state index contributed by atoms with van der Waals surface area (Å²) >= 11 is 0. The minimum atomic E-state index is 0.00802. The lowest BCUT2D eigenvalue weighted by Gasteiger charge is -2.05. The molecule has 22 heavy (non-hydrogen) atoms. The molecule has 0 aromatic carbocycles. The second-order valence-corrected chi connectivity index (χ2v) is 6.02. The Balaban J connectivity index is 1.64. The zero-order chi connectivity index (χ0) is 15.3. The van der Waals surface area contributed by atoms with Crippen LogP contribution in [0.2, 0.25) is 0 Å². The van der Waals surface area contributed by atoms with Gasteiger partial charge in [0, 0.05) is 30.4 Å². The summed E-state index contributed by atoms with van der Waals surface area (Å²) in [5.41, 5.74) is 3.68. The molecule has 114 valence electrons. The van der Waals surface area contributed by atoms with Gasteiger partial charge in [0.1, 0.15) is 11.3 Å². The predicted molar refractivity (Wildman–Crippen MR) is 81.1 cm³/mol. The van der Waals surface area contributed by atoms with Crippen molar-refractivity contribution in [2.24, 2.45) is 0 Å². The second-order valence-electron chi connectivity index (χ2n) is 6.02. The standard InChI is InChI=1S/C16H18N4O2/c1-10-13(11(2)22-18-10)5-6-19-7-8-20-15(16(19)21)9-14(17-20)12-3-4-12/h7-9,12H,3-6H2,1-2H3. The van der Waals surface area contributed by atoms with Crippen molar-refractivity contribution in [3.8, 4) is 0 Å². The summed E-state index contributed by atoms with van der Waals surface area (Å²) in [6.45, 7) is 4.44. The third kappa shape index (κ3) is 2.15. The van der Waals surface area contributed by atoms with Crippen molar-refractivity contribution in [3.63, 3.8) is 0 Å². The van der Waals surface area contributed by atoms with Gasteiger partial charge in [0.15, 0.2) is 0 Å². The van der Waals surface area contributed by atoms with Crippen molar-refractivity contribution in [3.05, 3.63) is 51.5 Å². The molecule has 0 N–H and O–H groups in total. The van der Waals surface area contributed by atoms with E-state index in [0.29, 0.717) is 18.0 Å². The van der Waals surface area contributed by atoms with E-state index in [0.717, 1.165) is 29.1 Å². The Labute approximate surface area is 127 Å². The summed E-state index contributed by atoms with van der Waals surface area (Å²) in [4.78, 5) is 12.6. The fourth-order valence-electron chi connectivity index (χ4n) is 2.89. The maximum Gasteiger partial charge on any atom is 0.276 e. The molecule has 0 bridgehead atoms. The van der Waals surface area contributed by atoms with Gasteiger partial charge in [-0.2, -0.15) is 5.10 Å². The zero-order valence-corrected chi connectivity index (χ0v) is 12.7. The van der Waals surface area contributed by atoms with Crippen LogP contribution < -0.4 is 5.56 Å². The van der Waals surface area contributed by atoms with Crippen molar-refractivity contribution in [1.29, 1.82) is 0 Å². The van der Waals surface area contributed by atoms with Crippen LogP contribution in [0.1, 0.15) is 41.5 Å². The predicted octanol–water partition coefficient (Wildman–Crippen LogP) is 2.22. The molecule has 1 saturated carbocycles. The van der Waals surface area contributed by atoms with Crippen LogP contribution in [0.15, 0.2) is 27.8 Å². The highest BCUT2D eigenvalue weighted by molar-refractivity contribution is 5.46. The Hall–Kier alpha value is -2.37. The lowest BCUT2D eigenvalue weighted by Crippen LogP contribution is -2.22. The Kier molecular flexibility index (Phi) is 2.92. The molecule has 1 aliphatic carbocycles. The minimum Gasteiger partial charge on any atom is -0.361 e. The zero-order valence-electron chi connectivity index (χ0n) is 12.7.